The Balaban J connectivity index is 2.50. The number of hydrogen-bond donors (Lipinski definition) is 1. The van der Waals surface area contributed by atoms with Gasteiger partial charge in [0.2, 0.25) is 0 Å². The molecule has 0 bridgehead atoms. The molecule has 1 N–H and O–H groups in total. The van der Waals surface area contributed by atoms with Crippen molar-refractivity contribution in [3.8, 4) is 0 Å². The van der Waals surface area contributed by atoms with Crippen LogP contribution in [0.4, 0.5) is 0 Å². The highest BCUT2D eigenvalue weighted by Crippen LogP contribution is 2.36. The van der Waals surface area contributed by atoms with E-state index in [1.165, 1.54) is 4.88 Å². The summed E-state index contributed by atoms with van der Waals surface area (Å²) in [6.45, 7) is 4.21. The molecule has 0 aliphatic carbocycles. The van der Waals surface area contributed by atoms with E-state index in [2.05, 4.69) is 19.2 Å². The van der Waals surface area contributed by atoms with Crippen LogP contribution in [0.5, 0.6) is 0 Å². The van der Waals surface area contributed by atoms with Crippen molar-refractivity contribution in [1.82, 2.24) is 10.3 Å². The Bertz CT molecular complexity index is 561. The number of aromatic nitrogens is 1. The summed E-state index contributed by atoms with van der Waals surface area (Å²) in [5.74, 6) is 0. The van der Waals surface area contributed by atoms with Crippen molar-refractivity contribution in [3.05, 3.63) is 49.4 Å². The summed E-state index contributed by atoms with van der Waals surface area (Å²) < 4.78 is 0. The number of rotatable bonds is 4. The van der Waals surface area contributed by atoms with E-state index in [-0.39, 0.29) is 6.04 Å². The summed E-state index contributed by atoms with van der Waals surface area (Å²) in [6, 6.07) is 5.50. The van der Waals surface area contributed by atoms with Gasteiger partial charge in [0.05, 0.1) is 11.7 Å². The molecule has 0 aliphatic rings. The quantitative estimate of drug-likeness (QED) is 0.890. The minimum Gasteiger partial charge on any atom is -0.307 e. The van der Waals surface area contributed by atoms with Gasteiger partial charge in [-0.05, 0) is 32.5 Å². The fourth-order valence-corrected chi connectivity index (χ4v) is 3.83. The average molecular weight is 315 g/mol. The number of benzene rings is 1. The van der Waals surface area contributed by atoms with E-state index >= 15 is 0 Å². The second-order valence-electron chi connectivity index (χ2n) is 4.27. The maximum Gasteiger partial charge on any atom is 0.115 e. The summed E-state index contributed by atoms with van der Waals surface area (Å²) in [6.07, 6.45) is 0.940. The van der Waals surface area contributed by atoms with Gasteiger partial charge in [-0.2, -0.15) is 0 Å². The number of nitrogens with zero attached hydrogens (tertiary/aromatic N) is 1. The van der Waals surface area contributed by atoms with Crippen molar-refractivity contribution < 1.29 is 0 Å². The maximum atomic E-state index is 6.29. The Morgan fingerprint density at radius 1 is 1.32 bits per heavy atom. The number of thiazole rings is 1. The zero-order chi connectivity index (χ0) is 14.0. The van der Waals surface area contributed by atoms with Gasteiger partial charge in [0, 0.05) is 20.5 Å². The molecular formula is C14H16Cl2N2S. The van der Waals surface area contributed by atoms with Gasteiger partial charge in [-0.25, -0.2) is 4.98 Å². The molecule has 0 aliphatic heterocycles. The lowest BCUT2D eigenvalue weighted by molar-refractivity contribution is 0.684. The van der Waals surface area contributed by atoms with Gasteiger partial charge in [0.15, 0.2) is 0 Å². The van der Waals surface area contributed by atoms with Crippen LogP contribution in [-0.2, 0) is 6.42 Å². The predicted octanol–water partition coefficient (Wildman–Crippen LogP) is 4.63. The number of nitrogens with one attached hydrogen (secondary N) is 1. The Kier molecular flexibility index (Phi) is 4.85. The second-order valence-corrected chi connectivity index (χ2v) is 6.31. The van der Waals surface area contributed by atoms with Crippen LogP contribution in [0.15, 0.2) is 18.2 Å². The molecule has 2 aromatic rings. The Hall–Kier alpha value is -0.610. The van der Waals surface area contributed by atoms with Crippen molar-refractivity contribution in [3.63, 3.8) is 0 Å². The fraction of sp³-hybridized carbons (Fsp3) is 0.357. The van der Waals surface area contributed by atoms with E-state index in [4.69, 9.17) is 28.2 Å². The van der Waals surface area contributed by atoms with Crippen molar-refractivity contribution in [2.24, 2.45) is 0 Å². The number of aryl methyl sites for hydroxylation is 2. The van der Waals surface area contributed by atoms with Gasteiger partial charge in [0.25, 0.3) is 0 Å². The lowest BCUT2D eigenvalue weighted by Crippen LogP contribution is -2.18. The van der Waals surface area contributed by atoms with E-state index in [1.54, 1.807) is 11.3 Å². The van der Waals surface area contributed by atoms with E-state index in [9.17, 15) is 0 Å². The molecule has 5 heteroatoms. The van der Waals surface area contributed by atoms with E-state index < -0.39 is 0 Å². The van der Waals surface area contributed by atoms with E-state index in [1.807, 2.05) is 25.2 Å². The van der Waals surface area contributed by atoms with Gasteiger partial charge < -0.3 is 5.32 Å². The van der Waals surface area contributed by atoms with Gasteiger partial charge in [0.1, 0.15) is 5.01 Å². The monoisotopic (exact) mass is 314 g/mol. The molecular weight excluding hydrogens is 299 g/mol. The van der Waals surface area contributed by atoms with E-state index in [0.717, 1.165) is 22.7 Å². The molecule has 19 heavy (non-hydrogen) atoms. The van der Waals surface area contributed by atoms with Crippen LogP contribution in [0.25, 0.3) is 0 Å². The predicted molar refractivity (Wildman–Crippen MR) is 83.6 cm³/mol. The van der Waals surface area contributed by atoms with Crippen LogP contribution in [0.3, 0.4) is 0 Å². The maximum absolute atomic E-state index is 6.29. The van der Waals surface area contributed by atoms with Crippen LogP contribution in [0, 0.1) is 6.92 Å². The summed E-state index contributed by atoms with van der Waals surface area (Å²) in [5, 5.41) is 5.60. The molecule has 0 amide bonds. The highest BCUT2D eigenvalue weighted by atomic mass is 35.5. The molecule has 1 atom stereocenters. The standard InChI is InChI=1S/C14H16Cl2N2S/c1-4-11-8(2)19-14(18-11)13(17-3)12-9(15)6-5-7-10(12)16/h5-7,13,17H,4H2,1-3H3. The highest BCUT2D eigenvalue weighted by molar-refractivity contribution is 7.11. The lowest BCUT2D eigenvalue weighted by Gasteiger charge is -2.17. The number of hydrogen-bond acceptors (Lipinski definition) is 3. The second kappa shape index (κ2) is 6.23. The minimum atomic E-state index is -0.0646. The van der Waals surface area contributed by atoms with Crippen molar-refractivity contribution >= 4 is 34.5 Å². The van der Waals surface area contributed by atoms with Crippen LogP contribution in [0.1, 0.15) is 34.1 Å². The zero-order valence-electron chi connectivity index (χ0n) is 11.1. The van der Waals surface area contributed by atoms with Gasteiger partial charge in [-0.1, -0.05) is 36.2 Å². The largest absolute Gasteiger partial charge is 0.307 e. The fourth-order valence-electron chi connectivity index (χ4n) is 2.08. The first-order valence-electron chi connectivity index (χ1n) is 6.15. The van der Waals surface area contributed by atoms with Gasteiger partial charge in [-0.15, -0.1) is 11.3 Å². The van der Waals surface area contributed by atoms with Crippen LogP contribution < -0.4 is 5.32 Å². The molecule has 1 heterocycles. The highest BCUT2D eigenvalue weighted by Gasteiger charge is 2.22. The van der Waals surface area contributed by atoms with Crippen molar-refractivity contribution in [1.29, 1.82) is 0 Å². The topological polar surface area (TPSA) is 24.9 Å². The van der Waals surface area contributed by atoms with Gasteiger partial charge >= 0.3 is 0 Å². The van der Waals surface area contributed by atoms with E-state index in [0.29, 0.717) is 10.0 Å². The first-order valence-corrected chi connectivity index (χ1v) is 7.73. The lowest BCUT2D eigenvalue weighted by atomic mass is 10.1. The summed E-state index contributed by atoms with van der Waals surface area (Å²) in [5.41, 5.74) is 2.04. The molecule has 0 saturated carbocycles. The summed E-state index contributed by atoms with van der Waals surface area (Å²) in [4.78, 5) is 5.95. The zero-order valence-corrected chi connectivity index (χ0v) is 13.5. The molecule has 1 unspecified atom stereocenters. The van der Waals surface area contributed by atoms with Crippen LogP contribution in [-0.4, -0.2) is 12.0 Å². The third-order valence-electron chi connectivity index (χ3n) is 3.07. The molecule has 0 spiro atoms. The van der Waals surface area contributed by atoms with Crippen LogP contribution >= 0.6 is 34.5 Å². The average Bonchev–Trinajstić information content (AvgIpc) is 2.75. The summed E-state index contributed by atoms with van der Waals surface area (Å²) in [7, 11) is 1.90. The third-order valence-corrected chi connectivity index (χ3v) is 4.81. The first kappa shape index (κ1) is 14.8. The third kappa shape index (κ3) is 2.95. The molecule has 2 nitrogen and oxygen atoms in total. The molecule has 0 fully saturated rings. The number of halogens is 2. The SMILES string of the molecule is CCc1nc(C(NC)c2c(Cl)cccc2Cl)sc1C. The minimum absolute atomic E-state index is 0.0646. The molecule has 2 rings (SSSR count). The Morgan fingerprint density at radius 3 is 2.42 bits per heavy atom. The molecule has 102 valence electrons. The summed E-state index contributed by atoms with van der Waals surface area (Å²) >= 11 is 14.3. The normalized spacial score (nSPS) is 12.7. The molecule has 0 radical (unpaired) electrons. The Labute approximate surface area is 127 Å². The molecule has 1 aromatic heterocycles. The van der Waals surface area contributed by atoms with Crippen molar-refractivity contribution in [2.45, 2.75) is 26.3 Å². The van der Waals surface area contributed by atoms with Crippen LogP contribution in [0.2, 0.25) is 10.0 Å². The first-order chi connectivity index (χ1) is 9.08. The van der Waals surface area contributed by atoms with Gasteiger partial charge in [-0.3, -0.25) is 0 Å². The molecule has 0 saturated heterocycles. The Morgan fingerprint density at radius 2 is 1.95 bits per heavy atom. The molecule has 1 aromatic carbocycles. The smallest absolute Gasteiger partial charge is 0.115 e. The van der Waals surface area contributed by atoms with Crippen molar-refractivity contribution in [2.75, 3.05) is 7.05 Å².